The van der Waals surface area contributed by atoms with Crippen molar-refractivity contribution in [3.63, 3.8) is 0 Å². The van der Waals surface area contributed by atoms with Gasteiger partial charge in [-0.15, -0.1) is 0 Å². The van der Waals surface area contributed by atoms with Gasteiger partial charge < -0.3 is 4.74 Å². The van der Waals surface area contributed by atoms with E-state index in [-0.39, 0.29) is 0 Å². The molecule has 1 unspecified atom stereocenters. The molecule has 23 heavy (non-hydrogen) atoms. The number of rotatable bonds is 1. The van der Waals surface area contributed by atoms with Crippen LogP contribution in [0.1, 0.15) is 24.0 Å². The van der Waals surface area contributed by atoms with Crippen LogP contribution in [0.4, 0.5) is 0 Å². The standard InChI is InChI=1S/C22H18O/c1-2-8-18(9-3-1)14-16-22(15-7-17-23-22)21-13-6-11-19-10-4-5-12-20(19)21/h1-6,8-13H,7,15,17H2. The number of hydrogen-bond donors (Lipinski definition) is 0. The Kier molecular flexibility index (Phi) is 3.61. The molecule has 0 spiro atoms. The lowest BCUT2D eigenvalue weighted by atomic mass is 9.87. The molecule has 4 rings (SSSR count). The summed E-state index contributed by atoms with van der Waals surface area (Å²) in [4.78, 5) is 0. The van der Waals surface area contributed by atoms with E-state index in [9.17, 15) is 0 Å². The normalized spacial score (nSPS) is 20.2. The number of ether oxygens (including phenoxy) is 1. The van der Waals surface area contributed by atoms with Crippen LogP contribution in [0.25, 0.3) is 10.8 Å². The molecular formula is C22H18O. The summed E-state index contributed by atoms with van der Waals surface area (Å²) in [7, 11) is 0. The van der Waals surface area contributed by atoms with Gasteiger partial charge >= 0.3 is 0 Å². The van der Waals surface area contributed by atoms with Gasteiger partial charge in [-0.25, -0.2) is 0 Å². The van der Waals surface area contributed by atoms with Crippen molar-refractivity contribution in [3.05, 3.63) is 83.9 Å². The summed E-state index contributed by atoms with van der Waals surface area (Å²) in [5.74, 6) is 6.76. The van der Waals surface area contributed by atoms with Gasteiger partial charge in [0.2, 0.25) is 0 Å². The van der Waals surface area contributed by atoms with E-state index in [0.29, 0.717) is 0 Å². The third-order valence-corrected chi connectivity index (χ3v) is 4.43. The first-order chi connectivity index (χ1) is 11.4. The summed E-state index contributed by atoms with van der Waals surface area (Å²) in [6.45, 7) is 0.771. The fourth-order valence-corrected chi connectivity index (χ4v) is 3.29. The summed E-state index contributed by atoms with van der Waals surface area (Å²) in [5, 5.41) is 2.47. The first-order valence-corrected chi connectivity index (χ1v) is 8.08. The Morgan fingerprint density at radius 2 is 1.61 bits per heavy atom. The predicted octanol–water partition coefficient (Wildman–Crippen LogP) is 4.90. The summed E-state index contributed by atoms with van der Waals surface area (Å²) in [6, 6.07) is 25.0. The van der Waals surface area contributed by atoms with Crippen LogP contribution >= 0.6 is 0 Å². The first-order valence-electron chi connectivity index (χ1n) is 8.08. The van der Waals surface area contributed by atoms with Crippen LogP contribution in [0.5, 0.6) is 0 Å². The van der Waals surface area contributed by atoms with Gasteiger partial charge in [0.15, 0.2) is 5.60 Å². The molecule has 0 aliphatic carbocycles. The van der Waals surface area contributed by atoms with Crippen molar-refractivity contribution in [2.75, 3.05) is 6.61 Å². The average molecular weight is 298 g/mol. The monoisotopic (exact) mass is 298 g/mol. The molecule has 0 bridgehead atoms. The molecule has 1 saturated heterocycles. The van der Waals surface area contributed by atoms with Crippen LogP contribution in [0.3, 0.4) is 0 Å². The molecule has 3 aromatic rings. The maximum Gasteiger partial charge on any atom is 0.155 e. The molecule has 1 heterocycles. The van der Waals surface area contributed by atoms with E-state index < -0.39 is 5.60 Å². The van der Waals surface area contributed by atoms with Crippen LogP contribution < -0.4 is 0 Å². The lowest BCUT2D eigenvalue weighted by molar-refractivity contribution is 0.0525. The van der Waals surface area contributed by atoms with Crippen LogP contribution in [-0.2, 0) is 10.3 Å². The van der Waals surface area contributed by atoms with Gasteiger partial charge in [0.25, 0.3) is 0 Å². The molecule has 0 radical (unpaired) electrons. The van der Waals surface area contributed by atoms with Crippen molar-refractivity contribution in [3.8, 4) is 11.8 Å². The molecule has 3 aromatic carbocycles. The van der Waals surface area contributed by atoms with Crippen LogP contribution in [0, 0.1) is 11.8 Å². The quantitative estimate of drug-likeness (QED) is 0.581. The van der Waals surface area contributed by atoms with E-state index in [0.717, 1.165) is 25.0 Å². The SMILES string of the molecule is C(#CC1(c2cccc3ccccc23)CCCO1)c1ccccc1. The van der Waals surface area contributed by atoms with Crippen molar-refractivity contribution in [1.82, 2.24) is 0 Å². The number of hydrogen-bond acceptors (Lipinski definition) is 1. The average Bonchev–Trinajstić information content (AvgIpc) is 3.10. The Balaban J connectivity index is 1.86. The first kappa shape index (κ1) is 14.1. The van der Waals surface area contributed by atoms with Crippen molar-refractivity contribution in [2.45, 2.75) is 18.4 Å². The van der Waals surface area contributed by atoms with Gasteiger partial charge in [-0.3, -0.25) is 0 Å². The zero-order chi connectivity index (χ0) is 15.5. The van der Waals surface area contributed by atoms with Crippen LogP contribution in [0.15, 0.2) is 72.8 Å². The largest absolute Gasteiger partial charge is 0.358 e. The highest BCUT2D eigenvalue weighted by Gasteiger charge is 2.36. The summed E-state index contributed by atoms with van der Waals surface area (Å²) >= 11 is 0. The van der Waals surface area contributed by atoms with Gasteiger partial charge in [0.1, 0.15) is 0 Å². The van der Waals surface area contributed by atoms with Crippen molar-refractivity contribution >= 4 is 10.8 Å². The Hall–Kier alpha value is -2.56. The van der Waals surface area contributed by atoms with Gasteiger partial charge in [-0.1, -0.05) is 72.5 Å². The lowest BCUT2D eigenvalue weighted by Gasteiger charge is -2.24. The summed E-state index contributed by atoms with van der Waals surface area (Å²) in [6.07, 6.45) is 1.99. The molecule has 1 heteroatoms. The Morgan fingerprint density at radius 3 is 2.43 bits per heavy atom. The fourth-order valence-electron chi connectivity index (χ4n) is 3.29. The molecular weight excluding hydrogens is 280 g/mol. The van der Waals surface area contributed by atoms with Crippen molar-refractivity contribution in [1.29, 1.82) is 0 Å². The smallest absolute Gasteiger partial charge is 0.155 e. The molecule has 1 aliphatic heterocycles. The van der Waals surface area contributed by atoms with E-state index in [4.69, 9.17) is 4.74 Å². The molecule has 112 valence electrons. The maximum absolute atomic E-state index is 6.18. The van der Waals surface area contributed by atoms with E-state index in [1.165, 1.54) is 16.3 Å². The minimum atomic E-state index is -0.489. The Bertz CT molecular complexity index is 872. The highest BCUT2D eigenvalue weighted by atomic mass is 16.5. The topological polar surface area (TPSA) is 9.23 Å². The van der Waals surface area contributed by atoms with E-state index in [2.05, 4.69) is 54.3 Å². The van der Waals surface area contributed by atoms with Gasteiger partial charge in [0.05, 0.1) is 0 Å². The molecule has 1 fully saturated rings. The number of fused-ring (bicyclic) bond motifs is 1. The molecule has 0 aromatic heterocycles. The molecule has 0 amide bonds. The molecule has 1 aliphatic rings. The second-order valence-corrected chi connectivity index (χ2v) is 5.92. The second-order valence-electron chi connectivity index (χ2n) is 5.92. The molecule has 1 atom stereocenters. The van der Waals surface area contributed by atoms with Crippen molar-refractivity contribution in [2.24, 2.45) is 0 Å². The molecule has 0 N–H and O–H groups in total. The number of benzene rings is 3. The highest BCUT2D eigenvalue weighted by molar-refractivity contribution is 5.87. The summed E-state index contributed by atoms with van der Waals surface area (Å²) < 4.78 is 6.18. The zero-order valence-electron chi connectivity index (χ0n) is 13.0. The van der Waals surface area contributed by atoms with Crippen LogP contribution in [-0.4, -0.2) is 6.61 Å². The Labute approximate surface area is 136 Å². The van der Waals surface area contributed by atoms with Gasteiger partial charge in [-0.2, -0.15) is 0 Å². The van der Waals surface area contributed by atoms with E-state index in [1.807, 2.05) is 30.3 Å². The minimum Gasteiger partial charge on any atom is -0.358 e. The Morgan fingerprint density at radius 1 is 0.826 bits per heavy atom. The highest BCUT2D eigenvalue weighted by Crippen LogP contribution is 2.39. The van der Waals surface area contributed by atoms with Gasteiger partial charge in [-0.05, 0) is 35.7 Å². The van der Waals surface area contributed by atoms with Gasteiger partial charge in [0, 0.05) is 17.7 Å². The third kappa shape index (κ3) is 2.63. The maximum atomic E-state index is 6.18. The predicted molar refractivity (Wildman–Crippen MR) is 94.1 cm³/mol. The summed E-state index contributed by atoms with van der Waals surface area (Å²) in [5.41, 5.74) is 1.73. The van der Waals surface area contributed by atoms with E-state index in [1.54, 1.807) is 0 Å². The van der Waals surface area contributed by atoms with E-state index >= 15 is 0 Å². The van der Waals surface area contributed by atoms with Crippen molar-refractivity contribution < 1.29 is 4.74 Å². The fraction of sp³-hybridized carbons (Fsp3) is 0.182. The van der Waals surface area contributed by atoms with Crippen LogP contribution in [0.2, 0.25) is 0 Å². The molecule has 1 nitrogen and oxygen atoms in total. The second kappa shape index (κ2) is 5.91. The minimum absolute atomic E-state index is 0.489. The zero-order valence-corrected chi connectivity index (χ0v) is 13.0. The third-order valence-electron chi connectivity index (χ3n) is 4.43. The lowest BCUT2D eigenvalue weighted by Crippen LogP contribution is -2.23. The molecule has 0 saturated carbocycles.